The van der Waals surface area contributed by atoms with Crippen molar-refractivity contribution in [2.45, 2.75) is 42.1 Å². The number of carboxylic acids is 1. The number of halogens is 15. The average Bonchev–Trinajstić information content (AvgIpc) is 2.34. The fourth-order valence-electron chi connectivity index (χ4n) is 1.02. The van der Waals surface area contributed by atoms with Crippen molar-refractivity contribution >= 4 is 5.97 Å². The molecule has 18 heteroatoms. The van der Waals surface area contributed by atoms with Gasteiger partial charge in [-0.3, -0.25) is 4.74 Å². The van der Waals surface area contributed by atoms with Crippen LogP contribution >= 0.6 is 0 Å². The van der Waals surface area contributed by atoms with Crippen molar-refractivity contribution in [2.75, 3.05) is 0 Å². The monoisotopic (exact) mass is 430 g/mol. The van der Waals surface area contributed by atoms with E-state index in [9.17, 15) is 70.7 Å². The lowest BCUT2D eigenvalue weighted by Crippen LogP contribution is -2.69. The second-order valence-electron chi connectivity index (χ2n) is 4.24. The maximum absolute atomic E-state index is 13.0. The van der Waals surface area contributed by atoms with E-state index in [0.717, 1.165) is 0 Å². The van der Waals surface area contributed by atoms with Crippen molar-refractivity contribution in [3.63, 3.8) is 0 Å². The van der Waals surface area contributed by atoms with Crippen molar-refractivity contribution in [2.24, 2.45) is 0 Å². The molecule has 0 aromatic heterocycles. The van der Waals surface area contributed by atoms with E-state index in [-0.39, 0.29) is 0 Å². The third-order valence-corrected chi connectivity index (χ3v) is 2.42. The summed E-state index contributed by atoms with van der Waals surface area (Å²) in [5.41, 5.74) is 0. The molecule has 1 atom stereocenters. The number of hydrogen-bond donors (Lipinski definition) is 1. The summed E-state index contributed by atoms with van der Waals surface area (Å²) in [5, 5.41) is 7.78. The normalized spacial score (nSPS) is 17.8. The van der Waals surface area contributed by atoms with Gasteiger partial charge in [0.15, 0.2) is 0 Å². The maximum atomic E-state index is 13.0. The summed E-state index contributed by atoms with van der Waals surface area (Å²) in [7, 11) is 0. The van der Waals surface area contributed by atoms with Crippen molar-refractivity contribution in [3.8, 4) is 0 Å². The molecule has 0 spiro atoms. The van der Waals surface area contributed by atoms with E-state index in [4.69, 9.17) is 5.11 Å². The Balaban J connectivity index is 6.32. The molecule has 0 radical (unpaired) electrons. The third kappa shape index (κ3) is 3.34. The van der Waals surface area contributed by atoms with Gasteiger partial charge in [-0.25, -0.2) is 4.79 Å². The van der Waals surface area contributed by atoms with Crippen molar-refractivity contribution in [1.82, 2.24) is 0 Å². The van der Waals surface area contributed by atoms with Gasteiger partial charge in [0.25, 0.3) is 0 Å². The SMILES string of the molecule is O=C(O)C(F)(OC(F)(F)C(F)(F)C(F)(F)C(F)(F)C(F)(F)F)C(F)(F)F. The number of aliphatic carboxylic acids is 1. The molecule has 0 aromatic carbocycles. The minimum Gasteiger partial charge on any atom is -0.477 e. The fraction of sp³-hybridized carbons (Fsp3) is 0.875. The molecular formula is C8HF15O3. The summed E-state index contributed by atoms with van der Waals surface area (Å²) in [5.74, 6) is -35.4. The van der Waals surface area contributed by atoms with Crippen LogP contribution < -0.4 is 0 Å². The van der Waals surface area contributed by atoms with E-state index in [1.807, 2.05) is 0 Å². The first kappa shape index (κ1) is 24.4. The molecule has 156 valence electrons. The first-order valence-corrected chi connectivity index (χ1v) is 5.17. The first-order valence-electron chi connectivity index (χ1n) is 5.17. The number of carboxylic acid groups (broad SMARTS) is 1. The largest absolute Gasteiger partial charge is 0.477 e. The molecule has 0 bridgehead atoms. The molecular weight excluding hydrogens is 429 g/mol. The van der Waals surface area contributed by atoms with Crippen LogP contribution in [-0.2, 0) is 9.53 Å². The molecule has 0 fully saturated rings. The van der Waals surface area contributed by atoms with E-state index in [1.165, 1.54) is 4.74 Å². The van der Waals surface area contributed by atoms with Gasteiger partial charge in [0.05, 0.1) is 0 Å². The number of hydrogen-bond acceptors (Lipinski definition) is 2. The molecule has 0 aliphatic rings. The minimum atomic E-state index is -8.20. The predicted octanol–water partition coefficient (Wildman–Crippen LogP) is 4.38. The van der Waals surface area contributed by atoms with Gasteiger partial charge >= 0.3 is 48.1 Å². The van der Waals surface area contributed by atoms with Gasteiger partial charge in [-0.15, -0.1) is 0 Å². The Morgan fingerprint density at radius 3 is 1.15 bits per heavy atom. The molecule has 0 saturated heterocycles. The Hall–Kier alpha value is -1.62. The highest BCUT2D eigenvalue weighted by molar-refractivity contribution is 5.76. The van der Waals surface area contributed by atoms with Crippen molar-refractivity contribution in [3.05, 3.63) is 0 Å². The Morgan fingerprint density at radius 1 is 0.577 bits per heavy atom. The van der Waals surface area contributed by atoms with Gasteiger partial charge in [-0.1, -0.05) is 0 Å². The van der Waals surface area contributed by atoms with Crippen LogP contribution in [0.25, 0.3) is 0 Å². The summed E-state index contributed by atoms with van der Waals surface area (Å²) < 4.78 is 187. The molecule has 26 heavy (non-hydrogen) atoms. The predicted molar refractivity (Wildman–Crippen MR) is 44.5 cm³/mol. The van der Waals surface area contributed by atoms with E-state index in [1.54, 1.807) is 0 Å². The Morgan fingerprint density at radius 2 is 0.923 bits per heavy atom. The molecule has 0 aromatic rings. The molecule has 1 N–H and O–H groups in total. The van der Waals surface area contributed by atoms with Crippen molar-refractivity contribution < 1.29 is 80.5 Å². The Bertz CT molecular complexity index is 546. The maximum Gasteiger partial charge on any atom is 0.460 e. The van der Waals surface area contributed by atoms with Crippen LogP contribution in [0.15, 0.2) is 0 Å². The topological polar surface area (TPSA) is 46.5 Å². The number of ether oxygens (including phenoxy) is 1. The lowest BCUT2D eigenvalue weighted by atomic mass is 10.0. The van der Waals surface area contributed by atoms with Crippen LogP contribution in [0.5, 0.6) is 0 Å². The molecule has 0 rings (SSSR count). The van der Waals surface area contributed by atoms with Gasteiger partial charge in [0.2, 0.25) is 0 Å². The standard InChI is InChI=1S/C8HF15O3/c9-2(1(24)25,6(16,17)18)26-8(22,23)5(14,15)3(10,11)4(12,13)7(19,20)21/h(H,24,25). The Kier molecular flexibility index (Phi) is 5.58. The summed E-state index contributed by atoms with van der Waals surface area (Å²) in [6.07, 6.45) is -22.6. The lowest BCUT2D eigenvalue weighted by Gasteiger charge is -2.38. The zero-order valence-electron chi connectivity index (χ0n) is 10.9. The molecule has 3 nitrogen and oxygen atoms in total. The van der Waals surface area contributed by atoms with Crippen LogP contribution in [0.2, 0.25) is 0 Å². The van der Waals surface area contributed by atoms with Crippen LogP contribution in [0.4, 0.5) is 65.9 Å². The lowest BCUT2D eigenvalue weighted by molar-refractivity contribution is -0.488. The molecule has 0 aliphatic heterocycles. The smallest absolute Gasteiger partial charge is 0.460 e. The number of carbonyl (C=O) groups is 1. The van der Waals surface area contributed by atoms with Gasteiger partial charge < -0.3 is 5.11 Å². The van der Waals surface area contributed by atoms with Gasteiger partial charge in [-0.05, 0) is 0 Å². The Labute approximate surface area is 130 Å². The van der Waals surface area contributed by atoms with Crippen molar-refractivity contribution in [1.29, 1.82) is 0 Å². The first-order chi connectivity index (χ1) is 10.9. The average molecular weight is 430 g/mol. The van der Waals surface area contributed by atoms with E-state index in [2.05, 4.69) is 0 Å². The molecule has 0 amide bonds. The van der Waals surface area contributed by atoms with E-state index in [0.29, 0.717) is 0 Å². The zero-order chi connectivity index (χ0) is 21.8. The third-order valence-electron chi connectivity index (χ3n) is 2.42. The highest BCUT2D eigenvalue weighted by Gasteiger charge is 2.89. The molecule has 0 saturated carbocycles. The van der Waals surface area contributed by atoms with Crippen LogP contribution in [0, 0.1) is 0 Å². The minimum absolute atomic E-state index is 1.46. The number of rotatable bonds is 6. The van der Waals surface area contributed by atoms with Crippen LogP contribution in [0.1, 0.15) is 0 Å². The van der Waals surface area contributed by atoms with E-state index < -0.39 is 48.1 Å². The van der Waals surface area contributed by atoms with Gasteiger partial charge in [-0.2, -0.15) is 65.9 Å². The highest BCUT2D eigenvalue weighted by atomic mass is 19.4. The summed E-state index contributed by atoms with van der Waals surface area (Å²) in [4.78, 5) is 9.96. The molecule has 0 heterocycles. The second-order valence-corrected chi connectivity index (χ2v) is 4.24. The summed E-state index contributed by atoms with van der Waals surface area (Å²) in [6.45, 7) is 0. The van der Waals surface area contributed by atoms with Crippen LogP contribution in [-0.4, -0.2) is 53.2 Å². The number of alkyl halides is 15. The quantitative estimate of drug-likeness (QED) is 0.637. The van der Waals surface area contributed by atoms with Crippen LogP contribution in [0.3, 0.4) is 0 Å². The molecule has 1 unspecified atom stereocenters. The summed E-state index contributed by atoms with van der Waals surface area (Å²) in [6, 6.07) is 0. The fourth-order valence-corrected chi connectivity index (χ4v) is 1.02. The highest BCUT2D eigenvalue weighted by Crippen LogP contribution is 2.58. The molecule has 0 aliphatic carbocycles. The second kappa shape index (κ2) is 5.95. The zero-order valence-corrected chi connectivity index (χ0v) is 10.9. The van der Waals surface area contributed by atoms with Gasteiger partial charge in [0.1, 0.15) is 0 Å². The van der Waals surface area contributed by atoms with Gasteiger partial charge in [0, 0.05) is 0 Å². The summed E-state index contributed by atoms with van der Waals surface area (Å²) >= 11 is 0. The van der Waals surface area contributed by atoms with E-state index >= 15 is 0 Å².